The number of halogens is 2. The van der Waals surface area contributed by atoms with Gasteiger partial charge in [-0.3, -0.25) is 0 Å². The second-order valence-electron chi connectivity index (χ2n) is 4.54. The van der Waals surface area contributed by atoms with Crippen LogP contribution in [0, 0.1) is 5.92 Å². The lowest BCUT2D eigenvalue weighted by Crippen LogP contribution is -2.11. The molecular formula is C12H14Cl2O4S. The van der Waals surface area contributed by atoms with Crippen molar-refractivity contribution in [2.75, 3.05) is 5.75 Å². The Balaban J connectivity index is 3.29. The van der Waals surface area contributed by atoms with E-state index in [2.05, 4.69) is 0 Å². The van der Waals surface area contributed by atoms with Gasteiger partial charge in [0.2, 0.25) is 0 Å². The molecule has 0 amide bonds. The Bertz CT molecular complexity index is 594. The van der Waals surface area contributed by atoms with Crippen molar-refractivity contribution in [2.45, 2.75) is 25.2 Å². The molecule has 0 aliphatic carbocycles. The van der Waals surface area contributed by atoms with Crippen LogP contribution in [0.2, 0.25) is 10.0 Å². The maximum absolute atomic E-state index is 12.1. The van der Waals surface area contributed by atoms with Crippen LogP contribution in [0.3, 0.4) is 0 Å². The highest BCUT2D eigenvalue weighted by Gasteiger charge is 2.24. The molecule has 0 aliphatic heterocycles. The zero-order valence-corrected chi connectivity index (χ0v) is 12.8. The normalized spacial score (nSPS) is 11.8. The first-order valence-electron chi connectivity index (χ1n) is 5.61. The summed E-state index contributed by atoms with van der Waals surface area (Å²) in [5.74, 6) is -1.21. The van der Waals surface area contributed by atoms with E-state index < -0.39 is 15.8 Å². The molecule has 0 bridgehead atoms. The van der Waals surface area contributed by atoms with Crippen molar-refractivity contribution in [2.24, 2.45) is 5.92 Å². The Morgan fingerprint density at radius 3 is 2.37 bits per heavy atom. The number of benzene rings is 1. The number of hydrogen-bond donors (Lipinski definition) is 1. The van der Waals surface area contributed by atoms with Crippen molar-refractivity contribution >= 4 is 39.0 Å². The summed E-state index contributed by atoms with van der Waals surface area (Å²) in [7, 11) is -3.61. The lowest BCUT2D eigenvalue weighted by Gasteiger charge is -2.10. The molecule has 0 heterocycles. The highest BCUT2D eigenvalue weighted by molar-refractivity contribution is 7.91. The average molecular weight is 325 g/mol. The summed E-state index contributed by atoms with van der Waals surface area (Å²) in [4.78, 5) is 10.8. The zero-order chi connectivity index (χ0) is 14.8. The Hall–Kier alpha value is -0.780. The minimum absolute atomic E-state index is 0.0783. The van der Waals surface area contributed by atoms with Gasteiger partial charge in [-0.1, -0.05) is 37.0 Å². The maximum Gasteiger partial charge on any atom is 0.338 e. The van der Waals surface area contributed by atoms with Crippen LogP contribution >= 0.6 is 23.2 Å². The van der Waals surface area contributed by atoms with Crippen LogP contribution in [0.1, 0.15) is 30.6 Å². The maximum atomic E-state index is 12.1. The third kappa shape index (κ3) is 3.84. The number of rotatable bonds is 5. The van der Waals surface area contributed by atoms with Crippen LogP contribution in [0.15, 0.2) is 17.0 Å². The smallest absolute Gasteiger partial charge is 0.338 e. The van der Waals surface area contributed by atoms with E-state index in [1.165, 1.54) is 12.1 Å². The third-order valence-electron chi connectivity index (χ3n) is 2.57. The van der Waals surface area contributed by atoms with Gasteiger partial charge in [0.15, 0.2) is 9.84 Å². The van der Waals surface area contributed by atoms with Crippen molar-refractivity contribution in [1.29, 1.82) is 0 Å². The van der Waals surface area contributed by atoms with E-state index in [0.717, 1.165) is 0 Å². The molecule has 0 atom stereocenters. The SMILES string of the molecule is CC(C)CCS(=O)(=O)c1ccc(Cl)c(C(=O)O)c1Cl. The number of hydrogen-bond acceptors (Lipinski definition) is 3. The van der Waals surface area contributed by atoms with Crippen LogP contribution in [0.25, 0.3) is 0 Å². The van der Waals surface area contributed by atoms with E-state index in [0.29, 0.717) is 6.42 Å². The van der Waals surface area contributed by atoms with Gasteiger partial charge in [0.05, 0.1) is 26.3 Å². The molecule has 0 saturated carbocycles. The number of carboxylic acids is 1. The van der Waals surface area contributed by atoms with Crippen LogP contribution in [0.5, 0.6) is 0 Å². The van der Waals surface area contributed by atoms with E-state index >= 15 is 0 Å². The van der Waals surface area contributed by atoms with E-state index in [1.807, 2.05) is 13.8 Å². The number of sulfone groups is 1. The van der Waals surface area contributed by atoms with E-state index in [4.69, 9.17) is 28.3 Å². The Morgan fingerprint density at radius 2 is 1.89 bits per heavy atom. The van der Waals surface area contributed by atoms with Crippen molar-refractivity contribution in [3.05, 3.63) is 27.7 Å². The van der Waals surface area contributed by atoms with Gasteiger partial charge < -0.3 is 5.11 Å². The topological polar surface area (TPSA) is 71.4 Å². The summed E-state index contributed by atoms with van der Waals surface area (Å²) >= 11 is 11.6. The highest BCUT2D eigenvalue weighted by Crippen LogP contribution is 2.32. The van der Waals surface area contributed by atoms with Crippen LogP contribution < -0.4 is 0 Å². The molecule has 1 aromatic carbocycles. The second-order valence-corrected chi connectivity index (χ2v) is 7.40. The predicted molar refractivity (Wildman–Crippen MR) is 74.9 cm³/mol. The Labute approximate surface area is 122 Å². The van der Waals surface area contributed by atoms with E-state index in [-0.39, 0.29) is 32.2 Å². The van der Waals surface area contributed by atoms with E-state index in [1.54, 1.807) is 0 Å². The molecular weight excluding hydrogens is 311 g/mol. The first-order valence-corrected chi connectivity index (χ1v) is 8.01. The van der Waals surface area contributed by atoms with Crippen LogP contribution in [-0.2, 0) is 9.84 Å². The molecule has 0 radical (unpaired) electrons. The van der Waals surface area contributed by atoms with Crippen molar-refractivity contribution in [1.82, 2.24) is 0 Å². The summed E-state index contributed by atoms with van der Waals surface area (Å²) in [5.41, 5.74) is -0.381. The minimum atomic E-state index is -3.61. The van der Waals surface area contributed by atoms with Gasteiger partial charge in [-0.05, 0) is 24.5 Å². The van der Waals surface area contributed by atoms with Crippen molar-refractivity contribution in [3.63, 3.8) is 0 Å². The van der Waals surface area contributed by atoms with Crippen molar-refractivity contribution < 1.29 is 18.3 Å². The molecule has 0 saturated heterocycles. The zero-order valence-electron chi connectivity index (χ0n) is 10.5. The summed E-state index contributed by atoms with van der Waals surface area (Å²) in [5, 5.41) is 8.58. The fraction of sp³-hybridized carbons (Fsp3) is 0.417. The molecule has 0 aromatic heterocycles. The quantitative estimate of drug-likeness (QED) is 0.899. The fourth-order valence-electron chi connectivity index (χ4n) is 1.47. The minimum Gasteiger partial charge on any atom is -0.478 e. The lowest BCUT2D eigenvalue weighted by molar-refractivity contribution is 0.0697. The summed E-state index contributed by atoms with van der Waals surface area (Å²) in [6.07, 6.45) is 0.476. The number of aromatic carboxylic acids is 1. The van der Waals surface area contributed by atoms with Crippen LogP contribution in [-0.4, -0.2) is 25.2 Å². The Morgan fingerprint density at radius 1 is 1.32 bits per heavy atom. The number of carboxylic acid groups (broad SMARTS) is 1. The van der Waals surface area contributed by atoms with Crippen molar-refractivity contribution in [3.8, 4) is 0 Å². The molecule has 1 N–H and O–H groups in total. The predicted octanol–water partition coefficient (Wildman–Crippen LogP) is 3.51. The second kappa shape index (κ2) is 6.11. The van der Waals surface area contributed by atoms with E-state index in [9.17, 15) is 13.2 Å². The fourth-order valence-corrected chi connectivity index (χ4v) is 4.01. The standard InChI is InChI=1S/C12H14Cl2O4S/c1-7(2)5-6-19(17,18)9-4-3-8(13)10(11(9)14)12(15)16/h3-4,7H,5-6H2,1-2H3,(H,15,16). The first-order chi connectivity index (χ1) is 8.66. The largest absolute Gasteiger partial charge is 0.478 e. The first kappa shape index (κ1) is 16.3. The molecule has 0 unspecified atom stereocenters. The van der Waals surface area contributed by atoms with Crippen LogP contribution in [0.4, 0.5) is 0 Å². The van der Waals surface area contributed by atoms with Gasteiger partial charge in [-0.2, -0.15) is 0 Å². The summed E-state index contributed by atoms with van der Waals surface area (Å²) in [6, 6.07) is 2.48. The summed E-state index contributed by atoms with van der Waals surface area (Å²) < 4.78 is 24.2. The average Bonchev–Trinajstić information content (AvgIpc) is 2.25. The molecule has 1 rings (SSSR count). The number of carbonyl (C=O) groups is 1. The van der Waals surface area contributed by atoms with Gasteiger partial charge >= 0.3 is 5.97 Å². The van der Waals surface area contributed by atoms with Gasteiger partial charge in [-0.15, -0.1) is 0 Å². The molecule has 7 heteroatoms. The van der Waals surface area contributed by atoms with Gasteiger partial charge in [0, 0.05) is 0 Å². The lowest BCUT2D eigenvalue weighted by atomic mass is 10.2. The molecule has 0 aliphatic rings. The Kier molecular flexibility index (Phi) is 5.24. The van der Waals surface area contributed by atoms with Gasteiger partial charge in [0.25, 0.3) is 0 Å². The molecule has 0 spiro atoms. The molecule has 4 nitrogen and oxygen atoms in total. The third-order valence-corrected chi connectivity index (χ3v) is 5.17. The van der Waals surface area contributed by atoms with Gasteiger partial charge in [-0.25, -0.2) is 13.2 Å². The summed E-state index contributed by atoms with van der Waals surface area (Å²) in [6.45, 7) is 3.81. The highest BCUT2D eigenvalue weighted by atomic mass is 35.5. The molecule has 1 aromatic rings. The molecule has 0 fully saturated rings. The molecule has 19 heavy (non-hydrogen) atoms. The monoisotopic (exact) mass is 324 g/mol. The van der Waals surface area contributed by atoms with Gasteiger partial charge in [0.1, 0.15) is 0 Å². The molecule has 106 valence electrons.